The fourth-order valence-corrected chi connectivity index (χ4v) is 2.55. The van der Waals surface area contributed by atoms with Crippen molar-refractivity contribution in [2.45, 2.75) is 10.6 Å². The zero-order chi connectivity index (χ0) is 12.3. The van der Waals surface area contributed by atoms with Crippen LogP contribution in [0.25, 0.3) is 0 Å². The Morgan fingerprint density at radius 1 is 1.12 bits per heavy atom. The number of hydrogen-bond acceptors (Lipinski definition) is 2. The van der Waals surface area contributed by atoms with Crippen molar-refractivity contribution in [2.24, 2.45) is 0 Å². The lowest BCUT2D eigenvalue weighted by Crippen LogP contribution is -1.88. The molecule has 0 aliphatic rings. The van der Waals surface area contributed by atoms with Gasteiger partial charge in [0.15, 0.2) is 0 Å². The lowest BCUT2D eigenvalue weighted by Gasteiger charge is -2.05. The summed E-state index contributed by atoms with van der Waals surface area (Å²) >= 11 is 7.66. The molecule has 0 bridgehead atoms. The number of benzene rings is 2. The fourth-order valence-electron chi connectivity index (χ4n) is 1.40. The van der Waals surface area contributed by atoms with Crippen LogP contribution in [0.1, 0.15) is 5.56 Å². The van der Waals surface area contributed by atoms with Gasteiger partial charge in [0.1, 0.15) is 5.82 Å². The number of nitrogens with two attached hydrogens (primary N) is 1. The van der Waals surface area contributed by atoms with Gasteiger partial charge in [0.25, 0.3) is 0 Å². The molecule has 0 saturated carbocycles. The van der Waals surface area contributed by atoms with Gasteiger partial charge in [-0.15, -0.1) is 11.8 Å². The van der Waals surface area contributed by atoms with Gasteiger partial charge < -0.3 is 5.73 Å². The Hall–Kier alpha value is -1.19. The standard InChI is InChI=1S/C13H11ClFNS/c14-13-6-3-11(16)7-9(13)8-17-12-4-1-10(15)2-5-12/h1-7H,8,16H2. The van der Waals surface area contributed by atoms with Gasteiger partial charge in [0, 0.05) is 21.4 Å². The second-order valence-corrected chi connectivity index (χ2v) is 5.05. The molecule has 0 heterocycles. The first-order chi connectivity index (χ1) is 8.15. The van der Waals surface area contributed by atoms with E-state index in [0.29, 0.717) is 10.7 Å². The molecule has 0 unspecified atom stereocenters. The molecule has 0 atom stereocenters. The molecule has 4 heteroatoms. The summed E-state index contributed by atoms with van der Waals surface area (Å²) in [7, 11) is 0. The predicted octanol–water partition coefficient (Wildman–Crippen LogP) is 4.35. The molecule has 2 aromatic rings. The second kappa shape index (κ2) is 5.43. The first-order valence-electron chi connectivity index (χ1n) is 5.07. The van der Waals surface area contributed by atoms with E-state index < -0.39 is 0 Å². The Kier molecular flexibility index (Phi) is 3.92. The van der Waals surface area contributed by atoms with Crippen LogP contribution in [0.2, 0.25) is 5.02 Å². The zero-order valence-corrected chi connectivity index (χ0v) is 10.6. The Morgan fingerprint density at radius 3 is 2.53 bits per heavy atom. The molecule has 0 spiro atoms. The summed E-state index contributed by atoms with van der Waals surface area (Å²) in [5.74, 6) is 0.492. The summed E-state index contributed by atoms with van der Waals surface area (Å²) in [6, 6.07) is 11.8. The third-order valence-electron chi connectivity index (χ3n) is 2.28. The predicted molar refractivity (Wildman–Crippen MR) is 71.8 cm³/mol. The highest BCUT2D eigenvalue weighted by atomic mass is 35.5. The van der Waals surface area contributed by atoms with Crippen LogP contribution in [0.3, 0.4) is 0 Å². The van der Waals surface area contributed by atoms with Gasteiger partial charge >= 0.3 is 0 Å². The van der Waals surface area contributed by atoms with E-state index in [2.05, 4.69) is 0 Å². The maximum Gasteiger partial charge on any atom is 0.123 e. The van der Waals surface area contributed by atoms with E-state index in [1.54, 1.807) is 36.0 Å². The highest BCUT2D eigenvalue weighted by molar-refractivity contribution is 7.98. The SMILES string of the molecule is Nc1ccc(Cl)c(CSc2ccc(F)cc2)c1. The highest BCUT2D eigenvalue weighted by Crippen LogP contribution is 2.28. The van der Waals surface area contributed by atoms with Crippen LogP contribution >= 0.6 is 23.4 Å². The summed E-state index contributed by atoms with van der Waals surface area (Å²) in [6.07, 6.45) is 0. The maximum absolute atomic E-state index is 12.7. The number of thioether (sulfide) groups is 1. The van der Waals surface area contributed by atoms with Crippen LogP contribution in [0.4, 0.5) is 10.1 Å². The minimum atomic E-state index is -0.226. The van der Waals surface area contributed by atoms with Gasteiger partial charge in [-0.05, 0) is 48.0 Å². The number of hydrogen-bond donors (Lipinski definition) is 1. The van der Waals surface area contributed by atoms with Gasteiger partial charge in [0.05, 0.1) is 0 Å². The van der Waals surface area contributed by atoms with Crippen LogP contribution in [-0.2, 0) is 5.75 Å². The van der Waals surface area contributed by atoms with E-state index in [9.17, 15) is 4.39 Å². The number of halogens is 2. The Bertz CT molecular complexity index is 513. The molecule has 0 fully saturated rings. The highest BCUT2D eigenvalue weighted by Gasteiger charge is 2.02. The third kappa shape index (κ3) is 3.38. The summed E-state index contributed by atoms with van der Waals surface area (Å²) in [5, 5.41) is 0.703. The average molecular weight is 268 g/mol. The molecule has 0 aliphatic heterocycles. The molecule has 88 valence electrons. The number of nitrogen functional groups attached to an aromatic ring is 1. The topological polar surface area (TPSA) is 26.0 Å². The quantitative estimate of drug-likeness (QED) is 0.661. The van der Waals surface area contributed by atoms with Crippen molar-refractivity contribution >= 4 is 29.1 Å². The van der Waals surface area contributed by atoms with E-state index in [1.807, 2.05) is 6.07 Å². The molecule has 0 aromatic heterocycles. The van der Waals surface area contributed by atoms with Crippen molar-refractivity contribution < 1.29 is 4.39 Å². The van der Waals surface area contributed by atoms with Crippen molar-refractivity contribution in [1.29, 1.82) is 0 Å². The molecule has 2 N–H and O–H groups in total. The van der Waals surface area contributed by atoms with E-state index in [0.717, 1.165) is 16.2 Å². The van der Waals surface area contributed by atoms with Crippen LogP contribution in [0.15, 0.2) is 47.4 Å². The van der Waals surface area contributed by atoms with Crippen molar-refractivity contribution in [1.82, 2.24) is 0 Å². The first kappa shape index (κ1) is 12.3. The van der Waals surface area contributed by atoms with Crippen molar-refractivity contribution in [3.8, 4) is 0 Å². The summed E-state index contributed by atoms with van der Waals surface area (Å²) in [6.45, 7) is 0. The molecular formula is C13H11ClFNS. The number of rotatable bonds is 3. The normalized spacial score (nSPS) is 10.5. The van der Waals surface area contributed by atoms with Crippen molar-refractivity contribution in [2.75, 3.05) is 5.73 Å². The maximum atomic E-state index is 12.7. The second-order valence-electron chi connectivity index (χ2n) is 3.59. The van der Waals surface area contributed by atoms with Crippen LogP contribution in [0, 0.1) is 5.82 Å². The third-order valence-corrected chi connectivity index (χ3v) is 3.71. The molecule has 2 aromatic carbocycles. The molecular weight excluding hydrogens is 257 g/mol. The summed E-state index contributed by atoms with van der Waals surface area (Å²) < 4.78 is 12.7. The van der Waals surface area contributed by atoms with E-state index in [4.69, 9.17) is 17.3 Å². The van der Waals surface area contributed by atoms with Gasteiger partial charge in [-0.25, -0.2) is 4.39 Å². The van der Waals surface area contributed by atoms with Gasteiger partial charge in [-0.3, -0.25) is 0 Å². The van der Waals surface area contributed by atoms with Gasteiger partial charge in [0.2, 0.25) is 0 Å². The smallest absolute Gasteiger partial charge is 0.123 e. The Labute approximate surface area is 109 Å². The molecule has 2 rings (SSSR count). The monoisotopic (exact) mass is 267 g/mol. The van der Waals surface area contributed by atoms with Crippen molar-refractivity contribution in [3.05, 3.63) is 58.9 Å². The minimum absolute atomic E-state index is 0.226. The molecule has 17 heavy (non-hydrogen) atoms. The molecule has 0 amide bonds. The average Bonchev–Trinajstić information content (AvgIpc) is 2.32. The lowest BCUT2D eigenvalue weighted by atomic mass is 10.2. The van der Waals surface area contributed by atoms with E-state index in [-0.39, 0.29) is 5.82 Å². The largest absolute Gasteiger partial charge is 0.399 e. The van der Waals surface area contributed by atoms with Crippen LogP contribution in [0.5, 0.6) is 0 Å². The van der Waals surface area contributed by atoms with Crippen LogP contribution in [-0.4, -0.2) is 0 Å². The molecule has 1 nitrogen and oxygen atoms in total. The van der Waals surface area contributed by atoms with E-state index in [1.165, 1.54) is 12.1 Å². The number of anilines is 1. The molecule has 0 radical (unpaired) electrons. The fraction of sp³-hybridized carbons (Fsp3) is 0.0769. The summed E-state index contributed by atoms with van der Waals surface area (Å²) in [5.41, 5.74) is 7.38. The molecule has 0 aliphatic carbocycles. The Balaban J connectivity index is 2.07. The Morgan fingerprint density at radius 2 is 1.82 bits per heavy atom. The first-order valence-corrected chi connectivity index (χ1v) is 6.44. The minimum Gasteiger partial charge on any atom is -0.399 e. The van der Waals surface area contributed by atoms with Gasteiger partial charge in [-0.2, -0.15) is 0 Å². The zero-order valence-electron chi connectivity index (χ0n) is 8.99. The van der Waals surface area contributed by atoms with E-state index >= 15 is 0 Å². The molecule has 0 saturated heterocycles. The van der Waals surface area contributed by atoms with Gasteiger partial charge in [-0.1, -0.05) is 11.6 Å². The van der Waals surface area contributed by atoms with Crippen LogP contribution < -0.4 is 5.73 Å². The lowest BCUT2D eigenvalue weighted by molar-refractivity contribution is 0.626. The summed E-state index contributed by atoms with van der Waals surface area (Å²) in [4.78, 5) is 1.00. The van der Waals surface area contributed by atoms with Crippen molar-refractivity contribution in [3.63, 3.8) is 0 Å².